The zero-order valence-electron chi connectivity index (χ0n) is 33.2. The van der Waals surface area contributed by atoms with Crippen LogP contribution in [-0.4, -0.2) is 4.57 Å². The Morgan fingerprint density at radius 1 is 0.361 bits per heavy atom. The number of benzene rings is 10. The summed E-state index contributed by atoms with van der Waals surface area (Å²) in [7, 11) is 0. The van der Waals surface area contributed by atoms with Crippen LogP contribution in [0.2, 0.25) is 0 Å². The minimum atomic E-state index is 0.891. The Bertz CT molecular complexity index is 3560. The van der Waals surface area contributed by atoms with E-state index in [1.165, 1.54) is 43.7 Å². The maximum atomic E-state index is 6.50. The van der Waals surface area contributed by atoms with E-state index in [1.807, 2.05) is 6.07 Å². The molecule has 0 saturated heterocycles. The molecule has 0 bridgehead atoms. The summed E-state index contributed by atoms with van der Waals surface area (Å²) in [6.45, 7) is 0. The molecule has 0 unspecified atom stereocenters. The van der Waals surface area contributed by atoms with Gasteiger partial charge in [0.25, 0.3) is 0 Å². The van der Waals surface area contributed by atoms with Gasteiger partial charge in [-0.1, -0.05) is 164 Å². The molecule has 286 valence electrons. The highest BCUT2D eigenvalue weighted by Crippen LogP contribution is 2.43. The van der Waals surface area contributed by atoms with Crippen molar-refractivity contribution in [2.24, 2.45) is 0 Å². The van der Waals surface area contributed by atoms with Crippen LogP contribution in [0.1, 0.15) is 0 Å². The van der Waals surface area contributed by atoms with Gasteiger partial charge in [-0.25, -0.2) is 0 Å². The zero-order chi connectivity index (χ0) is 40.3. The van der Waals surface area contributed by atoms with Gasteiger partial charge in [0.05, 0.1) is 16.7 Å². The van der Waals surface area contributed by atoms with E-state index in [0.717, 1.165) is 66.9 Å². The minimum absolute atomic E-state index is 0.891. The smallest absolute Gasteiger partial charge is 0.143 e. The van der Waals surface area contributed by atoms with Gasteiger partial charge in [0, 0.05) is 49.6 Å². The van der Waals surface area contributed by atoms with Crippen molar-refractivity contribution in [1.29, 1.82) is 0 Å². The summed E-state index contributed by atoms with van der Waals surface area (Å²) in [5, 5.41) is 7.15. The Morgan fingerprint density at radius 3 is 1.74 bits per heavy atom. The first-order valence-electron chi connectivity index (χ1n) is 20.8. The molecule has 0 amide bonds. The molecule has 12 rings (SSSR count). The lowest BCUT2D eigenvalue weighted by Gasteiger charge is -2.27. The molecule has 0 saturated carbocycles. The first-order chi connectivity index (χ1) is 30.3. The third kappa shape index (κ3) is 5.82. The maximum absolute atomic E-state index is 6.50. The average molecular weight is 779 g/mol. The summed E-state index contributed by atoms with van der Waals surface area (Å²) in [5.41, 5.74) is 15.6. The van der Waals surface area contributed by atoms with Crippen LogP contribution in [0.4, 0.5) is 17.1 Å². The molecule has 3 heteroatoms. The van der Waals surface area contributed by atoms with Gasteiger partial charge in [-0.05, 0) is 99.9 Å². The Balaban J connectivity index is 0.950. The van der Waals surface area contributed by atoms with Gasteiger partial charge in [0.2, 0.25) is 0 Å². The van der Waals surface area contributed by atoms with E-state index in [9.17, 15) is 0 Å². The topological polar surface area (TPSA) is 21.3 Å². The van der Waals surface area contributed by atoms with Crippen LogP contribution in [0.5, 0.6) is 0 Å². The SMILES string of the molecule is c1ccc(-c2cccc3c2oc2ccc(-c4ccc(N(c5ccc(-c6cccc7c6c6ccccc6n7-c6ccccc6)cc5)c5cccc6ccccc56)cc4)cc23)cc1. The monoisotopic (exact) mass is 778 g/mol. The highest BCUT2D eigenvalue weighted by molar-refractivity contribution is 6.16. The average Bonchev–Trinajstić information content (AvgIpc) is 3.88. The molecule has 0 spiro atoms. The normalized spacial score (nSPS) is 11.6. The molecule has 12 aromatic rings. The highest BCUT2D eigenvalue weighted by atomic mass is 16.3. The lowest BCUT2D eigenvalue weighted by atomic mass is 9.98. The van der Waals surface area contributed by atoms with Crippen molar-refractivity contribution in [2.75, 3.05) is 4.90 Å². The molecule has 0 atom stereocenters. The van der Waals surface area contributed by atoms with Crippen LogP contribution >= 0.6 is 0 Å². The molecule has 0 fully saturated rings. The predicted octanol–water partition coefficient (Wildman–Crippen LogP) is 16.3. The number of fused-ring (bicyclic) bond motifs is 7. The number of anilines is 3. The van der Waals surface area contributed by atoms with Crippen molar-refractivity contribution in [3.63, 3.8) is 0 Å². The molecule has 10 aromatic carbocycles. The fourth-order valence-corrected chi connectivity index (χ4v) is 9.36. The number of aromatic nitrogens is 1. The second-order valence-electron chi connectivity index (χ2n) is 15.7. The summed E-state index contributed by atoms with van der Waals surface area (Å²) in [4.78, 5) is 2.38. The summed E-state index contributed by atoms with van der Waals surface area (Å²) in [6.07, 6.45) is 0. The van der Waals surface area contributed by atoms with Gasteiger partial charge < -0.3 is 13.9 Å². The lowest BCUT2D eigenvalue weighted by Crippen LogP contribution is -2.10. The molecule has 0 radical (unpaired) electrons. The van der Waals surface area contributed by atoms with E-state index < -0.39 is 0 Å². The Hall–Kier alpha value is -8.14. The molecule has 0 aliphatic carbocycles. The first-order valence-corrected chi connectivity index (χ1v) is 20.8. The molecule has 0 aliphatic heterocycles. The van der Waals surface area contributed by atoms with Crippen molar-refractivity contribution < 1.29 is 4.42 Å². The molecule has 0 aliphatic rings. The van der Waals surface area contributed by atoms with Crippen molar-refractivity contribution in [3.8, 4) is 39.1 Å². The number of nitrogens with zero attached hydrogens (tertiary/aromatic N) is 2. The van der Waals surface area contributed by atoms with Gasteiger partial charge >= 0.3 is 0 Å². The zero-order valence-corrected chi connectivity index (χ0v) is 33.2. The molecule has 61 heavy (non-hydrogen) atoms. The largest absolute Gasteiger partial charge is 0.455 e. The van der Waals surface area contributed by atoms with Crippen molar-refractivity contribution in [2.45, 2.75) is 0 Å². The molecule has 2 aromatic heterocycles. The van der Waals surface area contributed by atoms with Crippen molar-refractivity contribution in [3.05, 3.63) is 231 Å². The summed E-state index contributed by atoms with van der Waals surface area (Å²) < 4.78 is 8.88. The molecule has 3 nitrogen and oxygen atoms in total. The summed E-state index contributed by atoms with van der Waals surface area (Å²) >= 11 is 0. The van der Waals surface area contributed by atoms with Crippen LogP contribution < -0.4 is 4.90 Å². The van der Waals surface area contributed by atoms with E-state index >= 15 is 0 Å². The van der Waals surface area contributed by atoms with Gasteiger partial charge in [-0.2, -0.15) is 0 Å². The molecular formula is C58H38N2O. The number of para-hydroxylation sites is 3. The van der Waals surface area contributed by atoms with Gasteiger partial charge in [-0.3, -0.25) is 0 Å². The van der Waals surface area contributed by atoms with Gasteiger partial charge in [0.15, 0.2) is 0 Å². The van der Waals surface area contributed by atoms with Crippen LogP contribution in [0.25, 0.3) is 93.6 Å². The molecule has 0 N–H and O–H groups in total. The predicted molar refractivity (Wildman–Crippen MR) is 257 cm³/mol. The molecule has 2 heterocycles. The third-order valence-corrected chi connectivity index (χ3v) is 12.2. The Labute approximate surface area is 353 Å². The van der Waals surface area contributed by atoms with E-state index in [1.54, 1.807) is 0 Å². The number of rotatable bonds is 7. The van der Waals surface area contributed by atoms with Crippen LogP contribution in [-0.2, 0) is 0 Å². The fraction of sp³-hybridized carbons (Fsp3) is 0. The van der Waals surface area contributed by atoms with Gasteiger partial charge in [-0.15, -0.1) is 0 Å². The second kappa shape index (κ2) is 14.3. The minimum Gasteiger partial charge on any atom is -0.455 e. The lowest BCUT2D eigenvalue weighted by molar-refractivity contribution is 0.670. The van der Waals surface area contributed by atoms with E-state index in [2.05, 4.69) is 234 Å². The fourth-order valence-electron chi connectivity index (χ4n) is 9.36. The van der Waals surface area contributed by atoms with Crippen molar-refractivity contribution in [1.82, 2.24) is 4.57 Å². The third-order valence-electron chi connectivity index (χ3n) is 12.2. The standard InChI is InChI=1S/C58H38N2O/c1-3-14-41(15-4-1)49-23-12-24-50-52-38-43(32-37-56(52)61-58(49)50)39-28-33-45(34-29-39)59(53-26-11-17-40-16-7-8-20-47(40)53)46-35-30-42(31-36-46)48-22-13-27-55-57(48)51-21-9-10-25-54(51)60(55)44-18-5-2-6-19-44/h1-38H. The quantitative estimate of drug-likeness (QED) is 0.161. The number of hydrogen-bond donors (Lipinski definition) is 0. The first kappa shape index (κ1) is 34.9. The van der Waals surface area contributed by atoms with Crippen LogP contribution in [0.3, 0.4) is 0 Å². The molecular weight excluding hydrogens is 741 g/mol. The van der Waals surface area contributed by atoms with Crippen LogP contribution in [0, 0.1) is 0 Å². The maximum Gasteiger partial charge on any atom is 0.143 e. The van der Waals surface area contributed by atoms with E-state index in [0.29, 0.717) is 0 Å². The summed E-state index contributed by atoms with van der Waals surface area (Å²) in [6, 6.07) is 82.8. The van der Waals surface area contributed by atoms with Gasteiger partial charge in [0.1, 0.15) is 11.2 Å². The highest BCUT2D eigenvalue weighted by Gasteiger charge is 2.19. The van der Waals surface area contributed by atoms with Crippen LogP contribution in [0.15, 0.2) is 235 Å². The number of hydrogen-bond acceptors (Lipinski definition) is 2. The summed E-state index contributed by atoms with van der Waals surface area (Å²) in [5.74, 6) is 0. The van der Waals surface area contributed by atoms with Crippen molar-refractivity contribution >= 4 is 71.6 Å². The second-order valence-corrected chi connectivity index (χ2v) is 15.7. The van der Waals surface area contributed by atoms with E-state index in [4.69, 9.17) is 4.42 Å². The Kier molecular flexibility index (Phi) is 8.17. The number of furan rings is 1. The van der Waals surface area contributed by atoms with E-state index in [-0.39, 0.29) is 0 Å². The Morgan fingerprint density at radius 2 is 0.934 bits per heavy atom.